The minimum atomic E-state index is -3.79. The van der Waals surface area contributed by atoms with E-state index in [9.17, 15) is 18.3 Å². The van der Waals surface area contributed by atoms with Gasteiger partial charge in [-0.15, -0.1) is 0 Å². The van der Waals surface area contributed by atoms with Gasteiger partial charge in [0.2, 0.25) is 10.0 Å². The molecule has 0 spiro atoms. The topological polar surface area (TPSA) is 95.9 Å². The van der Waals surface area contributed by atoms with E-state index in [2.05, 4.69) is 4.72 Å². The number of nitrogens with zero attached hydrogens (tertiary/aromatic N) is 1. The number of nitrogens with one attached hydrogen (secondary N) is 1. The van der Waals surface area contributed by atoms with E-state index in [0.717, 1.165) is 25.9 Å². The van der Waals surface area contributed by atoms with Gasteiger partial charge in [-0.1, -0.05) is 0 Å². The monoisotopic (exact) mass is 342 g/mol. The van der Waals surface area contributed by atoms with Crippen molar-refractivity contribution < 1.29 is 23.1 Å². The second-order valence-corrected chi connectivity index (χ2v) is 7.37. The van der Waals surface area contributed by atoms with Crippen LogP contribution in [0.5, 0.6) is 0 Å². The van der Waals surface area contributed by atoms with Crippen molar-refractivity contribution in [3.05, 3.63) is 23.8 Å². The molecule has 0 radical (unpaired) electrons. The molecule has 1 atom stereocenters. The van der Waals surface area contributed by atoms with Gasteiger partial charge >= 0.3 is 5.97 Å². The van der Waals surface area contributed by atoms with Crippen molar-refractivity contribution in [3.63, 3.8) is 0 Å². The SMILES string of the molecule is COCC(C)NS(=O)(=O)c1ccc(N2CCCC2)c(C(=O)O)c1. The lowest BCUT2D eigenvalue weighted by molar-refractivity contribution is 0.0697. The summed E-state index contributed by atoms with van der Waals surface area (Å²) in [5.41, 5.74) is 0.577. The molecule has 1 aromatic rings. The Bertz CT molecular complexity index is 668. The number of aromatic carboxylic acids is 1. The zero-order valence-corrected chi connectivity index (χ0v) is 14.1. The molecule has 1 aliphatic rings. The Balaban J connectivity index is 2.33. The molecule has 0 amide bonds. The maximum Gasteiger partial charge on any atom is 0.337 e. The van der Waals surface area contributed by atoms with E-state index >= 15 is 0 Å². The molecule has 1 fully saturated rings. The maximum absolute atomic E-state index is 12.4. The zero-order chi connectivity index (χ0) is 17.0. The average molecular weight is 342 g/mol. The molecule has 0 aromatic heterocycles. The van der Waals surface area contributed by atoms with Crippen molar-refractivity contribution in [3.8, 4) is 0 Å². The normalized spacial score (nSPS) is 16.5. The van der Waals surface area contributed by atoms with Crippen LogP contribution in [0.3, 0.4) is 0 Å². The first kappa shape index (κ1) is 17.7. The van der Waals surface area contributed by atoms with E-state index < -0.39 is 22.0 Å². The van der Waals surface area contributed by atoms with Crippen LogP contribution in [-0.2, 0) is 14.8 Å². The standard InChI is InChI=1S/C15H22N2O5S/c1-11(10-22-2)16-23(20,21)12-5-6-14(13(9-12)15(18)19)17-7-3-4-8-17/h5-6,9,11,16H,3-4,7-8,10H2,1-2H3,(H,18,19). The first-order valence-corrected chi connectivity index (χ1v) is 8.97. The Labute approximate surface area is 136 Å². The van der Waals surface area contributed by atoms with Crippen molar-refractivity contribution in [1.29, 1.82) is 0 Å². The second-order valence-electron chi connectivity index (χ2n) is 5.66. The molecule has 1 saturated heterocycles. The second kappa shape index (κ2) is 7.29. The summed E-state index contributed by atoms with van der Waals surface area (Å²) in [7, 11) is -2.31. The Morgan fingerprint density at radius 1 is 1.39 bits per heavy atom. The molecule has 8 heteroatoms. The molecule has 1 aliphatic heterocycles. The van der Waals surface area contributed by atoms with E-state index in [-0.39, 0.29) is 17.1 Å². The Hall–Kier alpha value is -1.64. The fraction of sp³-hybridized carbons (Fsp3) is 0.533. The number of benzene rings is 1. The minimum Gasteiger partial charge on any atom is -0.478 e. The fourth-order valence-electron chi connectivity index (χ4n) is 2.70. The lowest BCUT2D eigenvalue weighted by Gasteiger charge is -2.21. The van der Waals surface area contributed by atoms with Crippen LogP contribution in [0.15, 0.2) is 23.1 Å². The summed E-state index contributed by atoms with van der Waals surface area (Å²) in [6.45, 7) is 3.49. The molecule has 7 nitrogen and oxygen atoms in total. The Kier molecular flexibility index (Phi) is 5.61. The molecule has 1 unspecified atom stereocenters. The van der Waals surface area contributed by atoms with E-state index in [1.165, 1.54) is 19.2 Å². The minimum absolute atomic E-state index is 0.00849. The van der Waals surface area contributed by atoms with Gasteiger partial charge in [0.1, 0.15) is 0 Å². The quantitative estimate of drug-likeness (QED) is 0.775. The lowest BCUT2D eigenvalue weighted by Crippen LogP contribution is -2.35. The molecule has 128 valence electrons. The van der Waals surface area contributed by atoms with E-state index in [1.807, 2.05) is 4.90 Å². The predicted octanol–water partition coefficient (Wildman–Crippen LogP) is 1.30. The number of carboxylic acids is 1. The van der Waals surface area contributed by atoms with Crippen LogP contribution in [0, 0.1) is 0 Å². The van der Waals surface area contributed by atoms with Gasteiger partial charge in [0, 0.05) is 26.2 Å². The third-order valence-corrected chi connectivity index (χ3v) is 5.32. The van der Waals surface area contributed by atoms with Gasteiger partial charge in [0.05, 0.1) is 22.8 Å². The van der Waals surface area contributed by atoms with Crippen LogP contribution in [0.2, 0.25) is 0 Å². The molecule has 0 aliphatic carbocycles. The zero-order valence-electron chi connectivity index (χ0n) is 13.3. The first-order chi connectivity index (χ1) is 10.8. The summed E-state index contributed by atoms with van der Waals surface area (Å²) in [5, 5.41) is 9.42. The number of rotatable bonds is 7. The molecule has 2 N–H and O–H groups in total. The van der Waals surface area contributed by atoms with Crippen molar-refractivity contribution >= 4 is 21.7 Å². The first-order valence-electron chi connectivity index (χ1n) is 7.48. The maximum atomic E-state index is 12.4. The van der Waals surface area contributed by atoms with E-state index in [4.69, 9.17) is 4.74 Å². The number of methoxy groups -OCH3 is 1. The summed E-state index contributed by atoms with van der Waals surface area (Å²) >= 11 is 0. The molecule has 23 heavy (non-hydrogen) atoms. The molecular weight excluding hydrogens is 320 g/mol. The lowest BCUT2D eigenvalue weighted by atomic mass is 10.1. The molecule has 0 saturated carbocycles. The number of hydrogen-bond acceptors (Lipinski definition) is 5. The van der Waals surface area contributed by atoms with Gasteiger partial charge < -0.3 is 14.7 Å². The molecular formula is C15H22N2O5S. The molecule has 1 aromatic carbocycles. The largest absolute Gasteiger partial charge is 0.478 e. The van der Waals surface area contributed by atoms with Crippen LogP contribution < -0.4 is 9.62 Å². The summed E-state index contributed by atoms with van der Waals surface area (Å²) in [6.07, 6.45) is 2.02. The van der Waals surface area contributed by atoms with Crippen LogP contribution >= 0.6 is 0 Å². The molecule has 0 bridgehead atoms. The van der Waals surface area contributed by atoms with Gasteiger partial charge in [-0.05, 0) is 38.0 Å². The van der Waals surface area contributed by atoms with Crippen molar-refractivity contribution in [2.45, 2.75) is 30.7 Å². The highest BCUT2D eigenvalue weighted by Crippen LogP contribution is 2.27. The third kappa shape index (κ3) is 4.21. The summed E-state index contributed by atoms with van der Waals surface area (Å²) in [6, 6.07) is 3.83. The van der Waals surface area contributed by atoms with Crippen LogP contribution in [0.4, 0.5) is 5.69 Å². The number of sulfonamides is 1. The van der Waals surface area contributed by atoms with Gasteiger partial charge in [0.15, 0.2) is 0 Å². The summed E-state index contributed by atoms with van der Waals surface area (Å²) < 4.78 is 32.1. The predicted molar refractivity (Wildman–Crippen MR) is 86.5 cm³/mol. The van der Waals surface area contributed by atoms with Crippen molar-refractivity contribution in [2.24, 2.45) is 0 Å². The van der Waals surface area contributed by atoms with E-state index in [0.29, 0.717) is 5.69 Å². The van der Waals surface area contributed by atoms with Crippen LogP contribution in [-0.4, -0.2) is 52.3 Å². The molecule has 2 rings (SSSR count). The van der Waals surface area contributed by atoms with E-state index in [1.54, 1.807) is 13.0 Å². The average Bonchev–Trinajstić information content (AvgIpc) is 3.00. The van der Waals surface area contributed by atoms with Crippen LogP contribution in [0.25, 0.3) is 0 Å². The third-order valence-electron chi connectivity index (χ3n) is 3.73. The Morgan fingerprint density at radius 3 is 2.61 bits per heavy atom. The van der Waals surface area contributed by atoms with Crippen molar-refractivity contribution in [1.82, 2.24) is 4.72 Å². The number of carboxylic acid groups (broad SMARTS) is 1. The number of carbonyl (C=O) groups is 1. The number of hydrogen-bond donors (Lipinski definition) is 2. The van der Waals surface area contributed by atoms with Crippen LogP contribution in [0.1, 0.15) is 30.1 Å². The Morgan fingerprint density at radius 2 is 2.04 bits per heavy atom. The van der Waals surface area contributed by atoms with Gasteiger partial charge in [-0.2, -0.15) is 0 Å². The summed E-state index contributed by atoms with van der Waals surface area (Å²) in [5.74, 6) is -1.13. The highest BCUT2D eigenvalue weighted by molar-refractivity contribution is 7.89. The highest BCUT2D eigenvalue weighted by atomic mass is 32.2. The molecule has 1 heterocycles. The van der Waals surface area contributed by atoms with Gasteiger partial charge in [-0.25, -0.2) is 17.9 Å². The number of ether oxygens (including phenoxy) is 1. The highest BCUT2D eigenvalue weighted by Gasteiger charge is 2.24. The number of anilines is 1. The smallest absolute Gasteiger partial charge is 0.337 e. The van der Waals surface area contributed by atoms with Gasteiger partial charge in [-0.3, -0.25) is 0 Å². The summed E-state index contributed by atoms with van der Waals surface area (Å²) in [4.78, 5) is 13.4. The van der Waals surface area contributed by atoms with Gasteiger partial charge in [0.25, 0.3) is 0 Å². The fourth-order valence-corrected chi connectivity index (χ4v) is 3.96. The van der Waals surface area contributed by atoms with Crippen molar-refractivity contribution in [2.75, 3.05) is 31.7 Å².